The summed E-state index contributed by atoms with van der Waals surface area (Å²) in [5.41, 5.74) is -0.0835. The minimum absolute atomic E-state index is 0.0826. The summed E-state index contributed by atoms with van der Waals surface area (Å²) in [6.07, 6.45) is 0.350. The number of nitrogens with one attached hydrogen (secondary N) is 2. The van der Waals surface area contributed by atoms with Crippen LogP contribution in [0.4, 0.5) is 10.1 Å². The highest BCUT2D eigenvalue weighted by Gasteiger charge is 2.16. The first kappa shape index (κ1) is 14.6. The molecule has 0 radical (unpaired) electrons. The molecule has 1 rings (SSSR count). The zero-order chi connectivity index (χ0) is 13.5. The fraction of sp³-hybridized carbons (Fsp3) is 0.273. The van der Waals surface area contributed by atoms with Gasteiger partial charge < -0.3 is 15.7 Å². The Labute approximate surface area is 112 Å². The number of para-hydroxylation sites is 1. The summed E-state index contributed by atoms with van der Waals surface area (Å²) in [5, 5.41) is 13.0. The highest BCUT2D eigenvalue weighted by Crippen LogP contribution is 2.24. The number of anilines is 1. The van der Waals surface area contributed by atoms with Gasteiger partial charge in [-0.3, -0.25) is 9.59 Å². The third kappa shape index (κ3) is 4.08. The van der Waals surface area contributed by atoms with Gasteiger partial charge in [0.25, 0.3) is 0 Å². The van der Waals surface area contributed by atoms with Gasteiger partial charge in [0, 0.05) is 17.6 Å². The SMILES string of the molecule is O=C(NCCCO)C(=O)Nc1c(F)cccc1Br. The number of rotatable bonds is 4. The van der Waals surface area contributed by atoms with Gasteiger partial charge in [0.1, 0.15) is 5.82 Å². The molecule has 2 amide bonds. The Hall–Kier alpha value is -1.47. The lowest BCUT2D eigenvalue weighted by atomic mass is 10.3. The molecule has 18 heavy (non-hydrogen) atoms. The van der Waals surface area contributed by atoms with Gasteiger partial charge in [-0.2, -0.15) is 0 Å². The van der Waals surface area contributed by atoms with Gasteiger partial charge in [0.05, 0.1) is 5.69 Å². The van der Waals surface area contributed by atoms with E-state index in [1.165, 1.54) is 12.1 Å². The fourth-order valence-corrected chi connectivity index (χ4v) is 1.59. The molecule has 7 heteroatoms. The molecule has 0 atom stereocenters. The smallest absolute Gasteiger partial charge is 0.313 e. The molecule has 0 fully saturated rings. The fourth-order valence-electron chi connectivity index (χ4n) is 1.15. The number of hydrogen-bond acceptors (Lipinski definition) is 3. The molecule has 0 aliphatic carbocycles. The van der Waals surface area contributed by atoms with Gasteiger partial charge in [-0.25, -0.2) is 4.39 Å². The molecule has 0 unspecified atom stereocenters. The minimum Gasteiger partial charge on any atom is -0.396 e. The standard InChI is InChI=1S/C11H12BrFN2O3/c12-7-3-1-4-8(13)9(7)15-11(18)10(17)14-5-2-6-16/h1,3-4,16H,2,5-6H2,(H,14,17)(H,15,18). The zero-order valence-corrected chi connectivity index (χ0v) is 11.0. The van der Waals surface area contributed by atoms with Gasteiger partial charge >= 0.3 is 11.8 Å². The van der Waals surface area contributed by atoms with Crippen molar-refractivity contribution in [1.29, 1.82) is 0 Å². The van der Waals surface area contributed by atoms with Crippen molar-refractivity contribution in [1.82, 2.24) is 5.32 Å². The maximum Gasteiger partial charge on any atom is 0.313 e. The molecule has 0 bridgehead atoms. The number of benzene rings is 1. The summed E-state index contributed by atoms with van der Waals surface area (Å²) < 4.78 is 13.7. The Morgan fingerprint density at radius 2 is 2.06 bits per heavy atom. The van der Waals surface area contributed by atoms with Crippen LogP contribution in [-0.2, 0) is 9.59 Å². The van der Waals surface area contributed by atoms with Gasteiger partial charge in [-0.15, -0.1) is 0 Å². The lowest BCUT2D eigenvalue weighted by Gasteiger charge is -2.08. The molecule has 0 aromatic heterocycles. The van der Waals surface area contributed by atoms with Gasteiger partial charge in [-0.1, -0.05) is 6.07 Å². The van der Waals surface area contributed by atoms with Crippen molar-refractivity contribution in [3.63, 3.8) is 0 Å². The van der Waals surface area contributed by atoms with Crippen molar-refractivity contribution in [2.24, 2.45) is 0 Å². The molecule has 0 spiro atoms. The van der Waals surface area contributed by atoms with Gasteiger partial charge in [0.15, 0.2) is 0 Å². The normalized spacial score (nSPS) is 9.94. The van der Waals surface area contributed by atoms with Crippen molar-refractivity contribution < 1.29 is 19.1 Å². The summed E-state index contributed by atoms with van der Waals surface area (Å²) >= 11 is 3.07. The summed E-state index contributed by atoms with van der Waals surface area (Å²) in [4.78, 5) is 22.7. The Morgan fingerprint density at radius 3 is 2.67 bits per heavy atom. The van der Waals surface area contributed by atoms with E-state index in [1.807, 2.05) is 0 Å². The zero-order valence-electron chi connectivity index (χ0n) is 9.37. The van der Waals surface area contributed by atoms with Crippen molar-refractivity contribution in [3.8, 4) is 0 Å². The van der Waals surface area contributed by atoms with E-state index in [2.05, 4.69) is 26.6 Å². The molecule has 0 aliphatic rings. The van der Waals surface area contributed by atoms with E-state index >= 15 is 0 Å². The van der Waals surface area contributed by atoms with Crippen molar-refractivity contribution in [3.05, 3.63) is 28.5 Å². The van der Waals surface area contributed by atoms with Crippen LogP contribution in [-0.4, -0.2) is 30.1 Å². The van der Waals surface area contributed by atoms with Crippen molar-refractivity contribution in [2.75, 3.05) is 18.5 Å². The van der Waals surface area contributed by atoms with Crippen molar-refractivity contribution >= 4 is 33.4 Å². The lowest BCUT2D eigenvalue weighted by Crippen LogP contribution is -2.36. The lowest BCUT2D eigenvalue weighted by molar-refractivity contribution is -0.136. The summed E-state index contributed by atoms with van der Waals surface area (Å²) in [5.74, 6) is -2.47. The van der Waals surface area contributed by atoms with Crippen LogP contribution >= 0.6 is 15.9 Å². The minimum atomic E-state index is -0.960. The molecule has 0 heterocycles. The first-order valence-corrected chi connectivity index (χ1v) is 5.99. The molecular formula is C11H12BrFN2O3. The number of aliphatic hydroxyl groups excluding tert-OH is 1. The first-order valence-electron chi connectivity index (χ1n) is 5.20. The predicted octanol–water partition coefficient (Wildman–Crippen LogP) is 1.03. The third-order valence-corrected chi connectivity index (χ3v) is 2.69. The molecule has 3 N–H and O–H groups in total. The summed E-state index contributed by atoms with van der Waals surface area (Å²) in [6.45, 7) is 0.0992. The molecule has 0 saturated carbocycles. The Kier molecular flexibility index (Phi) is 5.73. The van der Waals surface area contributed by atoms with E-state index in [0.29, 0.717) is 10.9 Å². The maximum absolute atomic E-state index is 13.4. The topological polar surface area (TPSA) is 78.4 Å². The van der Waals surface area contributed by atoms with Crippen LogP contribution in [0.15, 0.2) is 22.7 Å². The van der Waals surface area contributed by atoms with E-state index in [0.717, 1.165) is 0 Å². The summed E-state index contributed by atoms with van der Waals surface area (Å²) in [6, 6.07) is 4.18. The van der Waals surface area contributed by atoms with Crippen LogP contribution < -0.4 is 10.6 Å². The third-order valence-electron chi connectivity index (χ3n) is 2.03. The number of carbonyl (C=O) groups is 2. The van der Waals surface area contributed by atoms with Crippen molar-refractivity contribution in [2.45, 2.75) is 6.42 Å². The monoisotopic (exact) mass is 318 g/mol. The second-order valence-corrected chi connectivity index (χ2v) is 4.24. The van der Waals surface area contributed by atoms with Crippen LogP contribution in [0.3, 0.4) is 0 Å². The number of carbonyl (C=O) groups excluding carboxylic acids is 2. The molecule has 0 aliphatic heterocycles. The Bertz CT molecular complexity index is 434. The largest absolute Gasteiger partial charge is 0.396 e. The molecular weight excluding hydrogens is 307 g/mol. The highest BCUT2D eigenvalue weighted by atomic mass is 79.9. The highest BCUT2D eigenvalue weighted by molar-refractivity contribution is 9.10. The van der Waals surface area contributed by atoms with Crippen LogP contribution in [0.1, 0.15) is 6.42 Å². The average Bonchev–Trinajstić information content (AvgIpc) is 2.34. The van der Waals surface area contributed by atoms with Crippen LogP contribution in [0.25, 0.3) is 0 Å². The number of aliphatic hydroxyl groups is 1. The molecule has 1 aromatic rings. The molecule has 0 saturated heterocycles. The van der Waals surface area contributed by atoms with Crippen LogP contribution in [0.2, 0.25) is 0 Å². The quantitative estimate of drug-likeness (QED) is 0.573. The van der Waals surface area contributed by atoms with E-state index in [4.69, 9.17) is 5.11 Å². The Balaban J connectivity index is 2.61. The average molecular weight is 319 g/mol. The Morgan fingerprint density at radius 1 is 1.33 bits per heavy atom. The van der Waals surface area contributed by atoms with Gasteiger partial charge in [0.2, 0.25) is 0 Å². The maximum atomic E-state index is 13.4. The summed E-state index contributed by atoms with van der Waals surface area (Å²) in [7, 11) is 0. The number of amides is 2. The van der Waals surface area contributed by atoms with E-state index in [9.17, 15) is 14.0 Å². The van der Waals surface area contributed by atoms with Crippen LogP contribution in [0.5, 0.6) is 0 Å². The van der Waals surface area contributed by atoms with Gasteiger partial charge in [-0.05, 0) is 34.5 Å². The predicted molar refractivity (Wildman–Crippen MR) is 67.4 cm³/mol. The number of hydrogen-bond donors (Lipinski definition) is 3. The first-order chi connectivity index (χ1) is 8.56. The molecule has 98 valence electrons. The number of halogens is 2. The van der Waals surface area contributed by atoms with E-state index < -0.39 is 17.6 Å². The second kappa shape index (κ2) is 7.07. The molecule has 1 aromatic carbocycles. The second-order valence-electron chi connectivity index (χ2n) is 3.38. The molecule has 5 nitrogen and oxygen atoms in total. The van der Waals surface area contributed by atoms with E-state index in [1.54, 1.807) is 6.07 Å². The van der Waals surface area contributed by atoms with Crippen LogP contribution in [0, 0.1) is 5.82 Å². The van der Waals surface area contributed by atoms with E-state index in [-0.39, 0.29) is 18.8 Å².